The molecule has 3 aromatic rings. The number of esters is 1. The first kappa shape index (κ1) is 28.8. The molecule has 0 saturated carbocycles. The lowest BCUT2D eigenvalue weighted by atomic mass is 10.1. The highest BCUT2D eigenvalue weighted by atomic mass is 35.5. The summed E-state index contributed by atoms with van der Waals surface area (Å²) in [5, 5.41) is 8.45. The molecule has 0 bridgehead atoms. The van der Waals surface area contributed by atoms with Crippen LogP contribution in [-0.2, 0) is 20.5 Å². The van der Waals surface area contributed by atoms with Crippen molar-refractivity contribution in [3.05, 3.63) is 87.6 Å². The zero-order chi connectivity index (χ0) is 29.2. The van der Waals surface area contributed by atoms with Crippen LogP contribution >= 0.6 is 23.4 Å². The van der Waals surface area contributed by atoms with E-state index in [2.05, 4.69) is 4.98 Å². The molecule has 2 heterocycles. The normalized spacial score (nSPS) is 15.2. The maximum Gasteiger partial charge on any atom is 0.433 e. The summed E-state index contributed by atoms with van der Waals surface area (Å²) < 4.78 is 44.8. The number of amides is 2. The van der Waals surface area contributed by atoms with Gasteiger partial charge in [-0.25, -0.2) is 14.7 Å². The van der Waals surface area contributed by atoms with E-state index in [1.165, 1.54) is 55.5 Å². The minimum Gasteiger partial charge on any atom is -0.454 e. The third-order valence-electron chi connectivity index (χ3n) is 5.81. The Morgan fingerprint density at radius 1 is 1.12 bits per heavy atom. The van der Waals surface area contributed by atoms with Crippen molar-refractivity contribution in [2.75, 3.05) is 11.5 Å². The zero-order valence-electron chi connectivity index (χ0n) is 20.5. The van der Waals surface area contributed by atoms with E-state index in [1.54, 1.807) is 6.07 Å². The first-order valence-corrected chi connectivity index (χ1v) is 12.7. The Balaban J connectivity index is 1.45. The minimum absolute atomic E-state index is 0.0401. The number of halogens is 4. The fraction of sp³-hybridized carbons (Fsp3) is 0.185. The molecule has 1 atom stereocenters. The molecule has 1 aliphatic heterocycles. The number of thioether (sulfide) groups is 1. The second-order valence-electron chi connectivity index (χ2n) is 8.55. The van der Waals surface area contributed by atoms with Gasteiger partial charge in [-0.15, -0.1) is 0 Å². The SMILES string of the molecule is Cc1cc(C(F)(F)F)nc(SC2CC(=O)N(c3ccc(C(=O)OCC(=O)c4ccc(Cl)cc4)cc3)C2=O)c1C#N. The number of hydrogen-bond acceptors (Lipinski definition) is 8. The molecule has 40 heavy (non-hydrogen) atoms. The van der Waals surface area contributed by atoms with E-state index in [4.69, 9.17) is 16.3 Å². The second-order valence-corrected chi connectivity index (χ2v) is 10.2. The first-order chi connectivity index (χ1) is 18.9. The Morgan fingerprint density at radius 3 is 2.35 bits per heavy atom. The summed E-state index contributed by atoms with van der Waals surface area (Å²) in [6, 6.07) is 13.8. The average Bonchev–Trinajstić information content (AvgIpc) is 3.19. The summed E-state index contributed by atoms with van der Waals surface area (Å²) >= 11 is 6.40. The molecule has 0 radical (unpaired) electrons. The van der Waals surface area contributed by atoms with E-state index in [0.29, 0.717) is 22.3 Å². The highest BCUT2D eigenvalue weighted by Crippen LogP contribution is 2.38. The Bertz CT molecular complexity index is 1550. The number of benzene rings is 2. The number of hydrogen-bond donors (Lipinski definition) is 0. The van der Waals surface area contributed by atoms with E-state index in [0.717, 1.165) is 11.0 Å². The molecule has 13 heteroatoms. The van der Waals surface area contributed by atoms with Gasteiger partial charge < -0.3 is 4.74 Å². The Labute approximate surface area is 234 Å². The van der Waals surface area contributed by atoms with E-state index in [9.17, 15) is 37.6 Å². The number of rotatable bonds is 7. The number of aryl methyl sites for hydroxylation is 1. The van der Waals surface area contributed by atoms with Crippen molar-refractivity contribution >= 4 is 52.6 Å². The van der Waals surface area contributed by atoms with Crippen LogP contribution in [0.15, 0.2) is 59.6 Å². The number of ketones is 1. The predicted molar refractivity (Wildman–Crippen MR) is 138 cm³/mol. The molecule has 2 aromatic carbocycles. The number of nitriles is 1. The van der Waals surface area contributed by atoms with Crippen LogP contribution in [0.4, 0.5) is 18.9 Å². The van der Waals surface area contributed by atoms with Crippen molar-refractivity contribution in [2.45, 2.75) is 29.8 Å². The largest absolute Gasteiger partial charge is 0.454 e. The summed E-state index contributed by atoms with van der Waals surface area (Å²) in [5.41, 5.74) is -0.797. The van der Waals surface area contributed by atoms with Crippen molar-refractivity contribution in [1.82, 2.24) is 4.98 Å². The molecule has 204 valence electrons. The topological polar surface area (TPSA) is 117 Å². The molecule has 8 nitrogen and oxygen atoms in total. The molecule has 1 aromatic heterocycles. The Morgan fingerprint density at radius 2 is 1.75 bits per heavy atom. The van der Waals surface area contributed by atoms with Crippen LogP contribution in [0.1, 0.15) is 44.0 Å². The van der Waals surface area contributed by atoms with Gasteiger partial charge in [0.25, 0.3) is 0 Å². The van der Waals surface area contributed by atoms with E-state index >= 15 is 0 Å². The molecule has 1 fully saturated rings. The van der Waals surface area contributed by atoms with Crippen molar-refractivity contribution in [2.24, 2.45) is 0 Å². The number of nitrogens with zero attached hydrogens (tertiary/aromatic N) is 3. The number of pyridine rings is 1. The molecule has 1 aliphatic rings. The zero-order valence-corrected chi connectivity index (χ0v) is 22.1. The van der Waals surface area contributed by atoms with Gasteiger partial charge in [-0.3, -0.25) is 14.4 Å². The van der Waals surface area contributed by atoms with Crippen LogP contribution in [0.3, 0.4) is 0 Å². The van der Waals surface area contributed by atoms with Crippen LogP contribution < -0.4 is 4.90 Å². The lowest BCUT2D eigenvalue weighted by molar-refractivity contribution is -0.141. The monoisotopic (exact) mass is 587 g/mol. The van der Waals surface area contributed by atoms with Gasteiger partial charge in [-0.05, 0) is 67.1 Å². The van der Waals surface area contributed by atoms with Gasteiger partial charge in [-0.1, -0.05) is 23.4 Å². The average molecular weight is 588 g/mol. The van der Waals surface area contributed by atoms with Crippen molar-refractivity contribution in [3.63, 3.8) is 0 Å². The molecule has 0 N–H and O–H groups in total. The number of aromatic nitrogens is 1. The number of anilines is 1. The van der Waals surface area contributed by atoms with Crippen molar-refractivity contribution < 1.29 is 37.1 Å². The quantitative estimate of drug-likeness (QED) is 0.205. The third kappa shape index (κ3) is 6.16. The van der Waals surface area contributed by atoms with Gasteiger partial charge in [-0.2, -0.15) is 18.4 Å². The number of Topliss-reactive ketones (excluding diaryl/α,β-unsaturated/α-hetero) is 1. The lowest BCUT2D eigenvalue weighted by Gasteiger charge is -2.16. The van der Waals surface area contributed by atoms with Crippen molar-refractivity contribution in [3.8, 4) is 6.07 Å². The van der Waals surface area contributed by atoms with Gasteiger partial charge in [0.1, 0.15) is 16.8 Å². The minimum atomic E-state index is -4.76. The van der Waals surface area contributed by atoms with E-state index in [-0.39, 0.29) is 33.8 Å². The summed E-state index contributed by atoms with van der Waals surface area (Å²) in [7, 11) is 0. The van der Waals surface area contributed by atoms with E-state index in [1.807, 2.05) is 0 Å². The fourth-order valence-electron chi connectivity index (χ4n) is 3.79. The maximum atomic E-state index is 13.2. The predicted octanol–water partition coefficient (Wildman–Crippen LogP) is 5.40. The van der Waals surface area contributed by atoms with Crippen LogP contribution in [0.2, 0.25) is 5.02 Å². The van der Waals surface area contributed by atoms with Crippen LogP contribution in [0.5, 0.6) is 0 Å². The maximum absolute atomic E-state index is 13.2. The first-order valence-electron chi connectivity index (χ1n) is 11.5. The Hall–Kier alpha value is -4.21. The van der Waals surface area contributed by atoms with Gasteiger partial charge in [0.2, 0.25) is 11.8 Å². The summed E-state index contributed by atoms with van der Waals surface area (Å²) in [6.45, 7) is 0.811. The molecule has 4 rings (SSSR count). The highest BCUT2D eigenvalue weighted by Gasteiger charge is 2.42. The molecule has 2 amide bonds. The smallest absolute Gasteiger partial charge is 0.433 e. The van der Waals surface area contributed by atoms with E-state index < -0.39 is 47.3 Å². The van der Waals surface area contributed by atoms with Gasteiger partial charge in [0.05, 0.1) is 22.1 Å². The number of carbonyl (C=O) groups excluding carboxylic acids is 4. The molecule has 1 saturated heterocycles. The number of ether oxygens (including phenoxy) is 1. The number of carbonyl (C=O) groups is 4. The fourth-order valence-corrected chi connectivity index (χ4v) is 5.10. The summed E-state index contributed by atoms with van der Waals surface area (Å²) in [4.78, 5) is 54.7. The summed E-state index contributed by atoms with van der Waals surface area (Å²) in [6.07, 6.45) is -5.09. The molecular formula is C27H17ClF3N3O5S. The molecule has 0 spiro atoms. The van der Waals surface area contributed by atoms with Gasteiger partial charge in [0, 0.05) is 17.0 Å². The number of imide groups is 1. The molecular weight excluding hydrogens is 571 g/mol. The molecule has 1 unspecified atom stereocenters. The van der Waals surface area contributed by atoms with Gasteiger partial charge in [0.15, 0.2) is 12.4 Å². The van der Waals surface area contributed by atoms with Crippen LogP contribution in [-0.4, -0.2) is 40.4 Å². The summed E-state index contributed by atoms with van der Waals surface area (Å²) in [5.74, 6) is -2.58. The van der Waals surface area contributed by atoms with Crippen molar-refractivity contribution in [1.29, 1.82) is 5.26 Å². The highest BCUT2D eigenvalue weighted by molar-refractivity contribution is 8.00. The van der Waals surface area contributed by atoms with Gasteiger partial charge >= 0.3 is 12.1 Å². The third-order valence-corrected chi connectivity index (χ3v) is 7.23. The van der Waals surface area contributed by atoms with Crippen LogP contribution in [0, 0.1) is 18.3 Å². The lowest BCUT2D eigenvalue weighted by Crippen LogP contribution is -2.31. The second kappa shape index (κ2) is 11.5. The number of alkyl halides is 3. The van der Waals surface area contributed by atoms with Crippen LogP contribution in [0.25, 0.3) is 0 Å². The molecule has 0 aliphatic carbocycles. The Kier molecular flexibility index (Phi) is 8.27. The standard InChI is InChI=1S/C27H17ClF3N3O5S/c1-14-10-22(27(29,30)31)33-24(19(14)12-32)40-21-11-23(36)34(25(21)37)18-8-4-16(5-9-18)26(38)39-13-20(35)15-2-6-17(28)7-3-15/h2-10,21H,11,13H2,1H3.